The average molecular weight is 508 g/mol. The fourth-order valence-corrected chi connectivity index (χ4v) is 4.06. The first-order chi connectivity index (χ1) is 15.7. The monoisotopic (exact) mass is 507 g/mol. The van der Waals surface area contributed by atoms with E-state index in [1.54, 1.807) is 43.8 Å². The van der Waals surface area contributed by atoms with Crippen LogP contribution in [0.4, 0.5) is 5.69 Å². The predicted octanol–water partition coefficient (Wildman–Crippen LogP) is 4.66. The number of nitrogens with zero attached hydrogens (tertiary/aromatic N) is 3. The Morgan fingerprint density at radius 2 is 1.91 bits per heavy atom. The van der Waals surface area contributed by atoms with Crippen LogP contribution in [-0.2, 0) is 11.8 Å². The SMILES string of the molecule is COc1ccc(C)cc1NC(=O)CSc1nnc([C@H](C)NC(=O)c2ccc(Cl)c(Cl)c2)n1C. The number of hydrogen-bond acceptors (Lipinski definition) is 6. The summed E-state index contributed by atoms with van der Waals surface area (Å²) in [7, 11) is 3.33. The molecule has 0 bridgehead atoms. The molecule has 174 valence electrons. The lowest BCUT2D eigenvalue weighted by atomic mass is 10.2. The van der Waals surface area contributed by atoms with Crippen molar-refractivity contribution in [3.8, 4) is 5.75 Å². The van der Waals surface area contributed by atoms with Crippen LogP contribution in [0.1, 0.15) is 34.7 Å². The first-order valence-corrected chi connectivity index (χ1v) is 11.7. The van der Waals surface area contributed by atoms with Gasteiger partial charge >= 0.3 is 0 Å². The number of aromatic nitrogens is 3. The minimum absolute atomic E-state index is 0.132. The van der Waals surface area contributed by atoms with Crippen molar-refractivity contribution in [2.45, 2.75) is 25.0 Å². The lowest BCUT2D eigenvalue weighted by molar-refractivity contribution is -0.113. The molecule has 0 aliphatic rings. The summed E-state index contributed by atoms with van der Waals surface area (Å²) in [6, 6.07) is 9.80. The van der Waals surface area contributed by atoms with Gasteiger partial charge in [-0.3, -0.25) is 9.59 Å². The second-order valence-electron chi connectivity index (χ2n) is 7.26. The third-order valence-corrected chi connectivity index (χ3v) is 6.51. The van der Waals surface area contributed by atoms with Gasteiger partial charge in [0.05, 0.1) is 34.6 Å². The second-order valence-corrected chi connectivity index (χ2v) is 9.02. The summed E-state index contributed by atoms with van der Waals surface area (Å²) in [6.45, 7) is 3.73. The number of amides is 2. The predicted molar refractivity (Wildman–Crippen MR) is 130 cm³/mol. The number of ether oxygens (including phenoxy) is 1. The molecule has 0 saturated heterocycles. The number of thioether (sulfide) groups is 1. The van der Waals surface area contributed by atoms with Gasteiger partial charge in [-0.1, -0.05) is 41.0 Å². The number of anilines is 1. The Hall–Kier alpha value is -2.75. The summed E-state index contributed by atoms with van der Waals surface area (Å²) in [6.07, 6.45) is 0. The smallest absolute Gasteiger partial charge is 0.251 e. The summed E-state index contributed by atoms with van der Waals surface area (Å²) in [5.41, 5.74) is 2.00. The maximum absolute atomic E-state index is 12.5. The molecule has 11 heteroatoms. The van der Waals surface area contributed by atoms with Gasteiger partial charge in [0, 0.05) is 12.6 Å². The highest BCUT2D eigenvalue weighted by molar-refractivity contribution is 7.99. The van der Waals surface area contributed by atoms with Crippen LogP contribution in [0.5, 0.6) is 5.75 Å². The van der Waals surface area contributed by atoms with Crippen molar-refractivity contribution in [2.24, 2.45) is 7.05 Å². The van der Waals surface area contributed by atoms with Crippen molar-refractivity contribution in [3.63, 3.8) is 0 Å². The van der Waals surface area contributed by atoms with Gasteiger partial charge in [0.25, 0.3) is 5.91 Å². The van der Waals surface area contributed by atoms with E-state index in [4.69, 9.17) is 27.9 Å². The largest absolute Gasteiger partial charge is 0.495 e. The highest BCUT2D eigenvalue weighted by Gasteiger charge is 2.19. The number of aryl methyl sites for hydroxylation is 1. The molecule has 0 spiro atoms. The molecule has 1 atom stereocenters. The first-order valence-electron chi connectivity index (χ1n) is 9.92. The van der Waals surface area contributed by atoms with E-state index in [0.717, 1.165) is 5.56 Å². The quantitative estimate of drug-likeness (QED) is 0.430. The Morgan fingerprint density at radius 3 is 2.61 bits per heavy atom. The fourth-order valence-electron chi connectivity index (χ4n) is 3.05. The van der Waals surface area contributed by atoms with Gasteiger partial charge < -0.3 is 19.9 Å². The highest BCUT2D eigenvalue weighted by atomic mass is 35.5. The normalized spacial score (nSPS) is 11.7. The third-order valence-electron chi connectivity index (χ3n) is 4.75. The molecule has 0 aliphatic carbocycles. The van der Waals surface area contributed by atoms with Crippen LogP contribution in [0.2, 0.25) is 10.0 Å². The van der Waals surface area contributed by atoms with Gasteiger partial charge in [0.15, 0.2) is 11.0 Å². The van der Waals surface area contributed by atoms with E-state index in [9.17, 15) is 9.59 Å². The zero-order valence-electron chi connectivity index (χ0n) is 18.5. The number of carbonyl (C=O) groups excluding carboxylic acids is 2. The van der Waals surface area contributed by atoms with Gasteiger partial charge in [-0.05, 0) is 49.7 Å². The van der Waals surface area contributed by atoms with Crippen LogP contribution < -0.4 is 15.4 Å². The van der Waals surface area contributed by atoms with Crippen LogP contribution in [0.3, 0.4) is 0 Å². The molecular formula is C22H23Cl2N5O3S. The minimum atomic E-state index is -0.427. The van der Waals surface area contributed by atoms with Gasteiger partial charge in [-0.2, -0.15) is 0 Å². The molecule has 0 radical (unpaired) electrons. The highest BCUT2D eigenvalue weighted by Crippen LogP contribution is 2.26. The number of methoxy groups -OCH3 is 1. The van der Waals surface area contributed by atoms with Crippen molar-refractivity contribution in [3.05, 3.63) is 63.4 Å². The Balaban J connectivity index is 1.61. The second kappa shape index (κ2) is 10.9. The molecule has 33 heavy (non-hydrogen) atoms. The van der Waals surface area contributed by atoms with E-state index in [1.165, 1.54) is 17.8 Å². The van der Waals surface area contributed by atoms with Crippen LogP contribution in [0.25, 0.3) is 0 Å². The standard InChI is InChI=1S/C22H23Cl2N5O3S/c1-12-5-8-18(32-4)17(9-12)26-19(30)11-33-22-28-27-20(29(22)3)13(2)25-21(31)14-6-7-15(23)16(24)10-14/h5-10,13H,11H2,1-4H3,(H,25,31)(H,26,30)/t13-/m0/s1. The van der Waals surface area contributed by atoms with Crippen molar-refractivity contribution in [1.29, 1.82) is 0 Å². The summed E-state index contributed by atoms with van der Waals surface area (Å²) in [4.78, 5) is 25.0. The molecule has 1 aromatic heterocycles. The molecule has 0 unspecified atom stereocenters. The molecule has 3 aromatic rings. The average Bonchev–Trinajstić information content (AvgIpc) is 3.14. The van der Waals surface area contributed by atoms with Crippen LogP contribution in [0, 0.1) is 6.92 Å². The maximum atomic E-state index is 12.5. The third kappa shape index (κ3) is 6.19. The number of rotatable bonds is 8. The van der Waals surface area contributed by atoms with Crippen molar-refractivity contribution in [1.82, 2.24) is 20.1 Å². The molecule has 3 rings (SSSR count). The summed E-state index contributed by atoms with van der Waals surface area (Å²) >= 11 is 13.1. The van der Waals surface area contributed by atoms with E-state index in [0.29, 0.717) is 38.0 Å². The number of carbonyl (C=O) groups is 2. The molecule has 2 aromatic carbocycles. The number of hydrogen-bond donors (Lipinski definition) is 2. The van der Waals surface area contributed by atoms with Crippen molar-refractivity contribution < 1.29 is 14.3 Å². The Bertz CT molecular complexity index is 1180. The van der Waals surface area contributed by atoms with E-state index < -0.39 is 6.04 Å². The molecule has 0 saturated carbocycles. The van der Waals surface area contributed by atoms with Gasteiger partial charge in [0.2, 0.25) is 5.91 Å². The number of nitrogens with one attached hydrogen (secondary N) is 2. The van der Waals surface area contributed by atoms with E-state index in [-0.39, 0.29) is 17.6 Å². The molecule has 2 amide bonds. The van der Waals surface area contributed by atoms with E-state index >= 15 is 0 Å². The minimum Gasteiger partial charge on any atom is -0.495 e. The zero-order valence-corrected chi connectivity index (χ0v) is 20.8. The molecule has 2 N–H and O–H groups in total. The first kappa shape index (κ1) is 24.9. The van der Waals surface area contributed by atoms with Crippen molar-refractivity contribution >= 4 is 52.5 Å². The molecule has 8 nitrogen and oxygen atoms in total. The lowest BCUT2D eigenvalue weighted by Gasteiger charge is -2.14. The van der Waals surface area contributed by atoms with E-state index in [2.05, 4.69) is 20.8 Å². The van der Waals surface area contributed by atoms with E-state index in [1.807, 2.05) is 19.1 Å². The Kier molecular flexibility index (Phi) is 8.23. The summed E-state index contributed by atoms with van der Waals surface area (Å²) in [5.74, 6) is 0.755. The summed E-state index contributed by atoms with van der Waals surface area (Å²) < 4.78 is 7.03. The van der Waals surface area contributed by atoms with Crippen molar-refractivity contribution in [2.75, 3.05) is 18.2 Å². The Labute approximate surface area is 206 Å². The summed E-state index contributed by atoms with van der Waals surface area (Å²) in [5, 5.41) is 15.3. The van der Waals surface area contributed by atoms with Crippen LogP contribution in [-0.4, -0.2) is 39.4 Å². The zero-order chi connectivity index (χ0) is 24.1. The Morgan fingerprint density at radius 1 is 1.15 bits per heavy atom. The van der Waals surface area contributed by atoms with Gasteiger partial charge in [-0.25, -0.2) is 0 Å². The van der Waals surface area contributed by atoms with Gasteiger partial charge in [0.1, 0.15) is 5.75 Å². The molecule has 0 fully saturated rings. The number of halogens is 2. The van der Waals surface area contributed by atoms with Gasteiger partial charge in [-0.15, -0.1) is 10.2 Å². The molecular weight excluding hydrogens is 485 g/mol. The lowest BCUT2D eigenvalue weighted by Crippen LogP contribution is -2.28. The van der Waals surface area contributed by atoms with Crippen LogP contribution >= 0.6 is 35.0 Å². The number of benzene rings is 2. The molecule has 0 aliphatic heterocycles. The fraction of sp³-hybridized carbons (Fsp3) is 0.273. The molecule has 1 heterocycles. The maximum Gasteiger partial charge on any atom is 0.251 e. The topological polar surface area (TPSA) is 98.1 Å². The van der Waals surface area contributed by atoms with Crippen LogP contribution in [0.15, 0.2) is 41.6 Å².